The van der Waals surface area contributed by atoms with Crippen LogP contribution in [0, 0.1) is 5.82 Å². The van der Waals surface area contributed by atoms with Crippen LogP contribution in [0.15, 0.2) is 12.1 Å². The van der Waals surface area contributed by atoms with E-state index in [1.807, 2.05) is 0 Å². The second-order valence-electron chi connectivity index (χ2n) is 4.74. The first-order chi connectivity index (χ1) is 9.83. The first kappa shape index (κ1) is 11.4. The van der Waals surface area contributed by atoms with Gasteiger partial charge < -0.3 is 10.6 Å². The molecule has 104 valence electrons. The van der Waals surface area contributed by atoms with Gasteiger partial charge in [0, 0.05) is 29.8 Å². The second kappa shape index (κ2) is 4.29. The highest BCUT2D eigenvalue weighted by Gasteiger charge is 2.39. The van der Waals surface area contributed by atoms with Crippen LogP contribution in [-0.2, 0) is 16.1 Å². The Bertz CT molecular complexity index is 693. The van der Waals surface area contributed by atoms with Crippen molar-refractivity contribution in [2.45, 2.75) is 25.4 Å². The van der Waals surface area contributed by atoms with Gasteiger partial charge in [0.1, 0.15) is 11.8 Å². The van der Waals surface area contributed by atoms with Crippen molar-refractivity contribution in [2.75, 3.05) is 5.73 Å². The number of amides is 3. The summed E-state index contributed by atoms with van der Waals surface area (Å²) >= 11 is 0. The molecule has 1 saturated heterocycles. The summed E-state index contributed by atoms with van der Waals surface area (Å²) in [5, 5.41) is 2.06. The number of carbonyl (C=O) groups is 3. The predicted octanol–water partition coefficient (Wildman–Crippen LogP) is 0.169. The Morgan fingerprint density at radius 1 is 1.40 bits per heavy atom. The van der Waals surface area contributed by atoms with Crippen LogP contribution in [0.25, 0.3) is 0 Å². The van der Waals surface area contributed by atoms with Gasteiger partial charge in [-0.3, -0.25) is 19.7 Å². The van der Waals surface area contributed by atoms with E-state index in [0.29, 0.717) is 5.56 Å². The van der Waals surface area contributed by atoms with Gasteiger partial charge in [-0.05, 0) is 18.6 Å². The normalized spacial score (nSPS) is 26.4. The molecule has 0 radical (unpaired) electrons. The summed E-state index contributed by atoms with van der Waals surface area (Å²) in [7, 11) is 0. The molecule has 0 aliphatic carbocycles. The Balaban J connectivity index is 2.00. The quantitative estimate of drug-likeness (QED) is 0.565. The molecule has 0 bridgehead atoms. The molecule has 0 aromatic heterocycles. The molecule has 1 aromatic rings. The standard InChI is InChI=1S/C13H12FN3O3/c14-6-3-7-8(9(15)4-6)5-17(13(7)20)10-1-2-11(18)16-12(10)19/h3-4,10H,1-2,5,15H2,(H,16,18,19)/t10-/m1/s1/i10D. The van der Waals surface area contributed by atoms with Crippen LogP contribution >= 0.6 is 0 Å². The highest BCUT2D eigenvalue weighted by atomic mass is 19.1. The largest absolute Gasteiger partial charge is 0.398 e. The molecule has 6 nitrogen and oxygen atoms in total. The van der Waals surface area contributed by atoms with E-state index in [0.717, 1.165) is 17.0 Å². The lowest BCUT2D eigenvalue weighted by molar-refractivity contribution is -0.136. The Labute approximate surface area is 115 Å². The SMILES string of the molecule is [2H][C@@]1(N2Cc3c(N)cc(F)cc3C2=O)CCC(=O)NC1=O. The zero-order valence-corrected chi connectivity index (χ0v) is 10.4. The number of anilines is 1. The van der Waals surface area contributed by atoms with Crippen molar-refractivity contribution in [1.29, 1.82) is 0 Å². The van der Waals surface area contributed by atoms with Gasteiger partial charge in [-0.2, -0.15) is 0 Å². The van der Waals surface area contributed by atoms with Crippen LogP contribution in [0.4, 0.5) is 10.1 Å². The van der Waals surface area contributed by atoms with Gasteiger partial charge in [-0.15, -0.1) is 0 Å². The Hall–Kier alpha value is -2.44. The van der Waals surface area contributed by atoms with Gasteiger partial charge in [0.15, 0.2) is 0 Å². The molecule has 0 spiro atoms. The Kier molecular flexibility index (Phi) is 2.45. The van der Waals surface area contributed by atoms with E-state index >= 15 is 0 Å². The second-order valence-corrected chi connectivity index (χ2v) is 4.74. The van der Waals surface area contributed by atoms with Crippen LogP contribution in [0.1, 0.15) is 30.1 Å². The average Bonchev–Trinajstić information content (AvgIpc) is 2.73. The number of imide groups is 1. The molecular weight excluding hydrogens is 265 g/mol. The maximum Gasteiger partial charge on any atom is 0.255 e. The molecule has 2 aliphatic rings. The van der Waals surface area contributed by atoms with Crippen LogP contribution in [0.5, 0.6) is 0 Å². The highest BCUT2D eigenvalue weighted by molar-refractivity contribution is 6.06. The van der Waals surface area contributed by atoms with Gasteiger partial charge in [0.2, 0.25) is 11.8 Å². The summed E-state index contributed by atoms with van der Waals surface area (Å²) in [6.07, 6.45) is -0.126. The highest BCUT2D eigenvalue weighted by Crippen LogP contribution is 2.31. The van der Waals surface area contributed by atoms with Gasteiger partial charge in [-0.25, -0.2) is 4.39 Å². The summed E-state index contributed by atoms with van der Waals surface area (Å²) < 4.78 is 21.6. The number of nitrogen functional groups attached to an aromatic ring is 1. The van der Waals surface area contributed by atoms with Crippen LogP contribution in [0.2, 0.25) is 0 Å². The molecule has 0 saturated carbocycles. The summed E-state index contributed by atoms with van der Waals surface area (Å²) in [4.78, 5) is 36.5. The fourth-order valence-electron chi connectivity index (χ4n) is 2.48. The summed E-state index contributed by atoms with van der Waals surface area (Å²) in [6.45, 7) is -0.0502. The molecule has 0 unspecified atom stereocenters. The number of benzene rings is 1. The van der Waals surface area contributed by atoms with E-state index < -0.39 is 29.6 Å². The minimum Gasteiger partial charge on any atom is -0.398 e. The number of halogens is 1. The van der Waals surface area contributed by atoms with Gasteiger partial charge in [0.05, 0.1) is 1.37 Å². The number of carbonyl (C=O) groups excluding carboxylic acids is 3. The zero-order chi connectivity index (χ0) is 15.4. The molecule has 1 atom stereocenters. The molecule has 1 fully saturated rings. The van der Waals surface area contributed by atoms with E-state index in [-0.39, 0.29) is 30.6 Å². The number of nitrogens with zero attached hydrogens (tertiary/aromatic N) is 1. The lowest BCUT2D eigenvalue weighted by Crippen LogP contribution is -2.52. The number of rotatable bonds is 1. The van der Waals surface area contributed by atoms with Crippen molar-refractivity contribution in [1.82, 2.24) is 10.2 Å². The molecule has 7 heteroatoms. The molecule has 20 heavy (non-hydrogen) atoms. The molecule has 3 amide bonds. The Morgan fingerprint density at radius 2 is 2.15 bits per heavy atom. The molecule has 1 aromatic carbocycles. The number of hydrogen-bond acceptors (Lipinski definition) is 4. The van der Waals surface area contributed by atoms with Crippen LogP contribution < -0.4 is 11.1 Å². The van der Waals surface area contributed by atoms with Crippen molar-refractivity contribution in [2.24, 2.45) is 0 Å². The zero-order valence-electron chi connectivity index (χ0n) is 11.4. The van der Waals surface area contributed by atoms with Gasteiger partial charge >= 0.3 is 0 Å². The topological polar surface area (TPSA) is 92.5 Å². The fraction of sp³-hybridized carbons (Fsp3) is 0.308. The lowest BCUT2D eigenvalue weighted by atomic mass is 10.0. The minimum atomic E-state index is -1.88. The molecule has 3 rings (SSSR count). The van der Waals surface area contributed by atoms with Crippen LogP contribution in [0.3, 0.4) is 0 Å². The molecule has 3 N–H and O–H groups in total. The Morgan fingerprint density at radius 3 is 2.85 bits per heavy atom. The van der Waals surface area contributed by atoms with E-state index in [2.05, 4.69) is 5.32 Å². The lowest BCUT2D eigenvalue weighted by Gasteiger charge is -2.29. The molecule has 2 aliphatic heterocycles. The van der Waals surface area contributed by atoms with Crippen molar-refractivity contribution in [3.8, 4) is 0 Å². The first-order valence-corrected chi connectivity index (χ1v) is 6.07. The molecular formula is C13H12FN3O3. The monoisotopic (exact) mass is 278 g/mol. The van der Waals surface area contributed by atoms with E-state index in [1.54, 1.807) is 0 Å². The minimum absolute atomic E-state index is 0.0286. The van der Waals surface area contributed by atoms with Crippen molar-refractivity contribution in [3.63, 3.8) is 0 Å². The number of fused-ring (bicyclic) bond motifs is 1. The number of nitrogens with two attached hydrogens (primary N) is 1. The maximum atomic E-state index is 13.4. The van der Waals surface area contributed by atoms with Gasteiger partial charge in [0.25, 0.3) is 5.91 Å². The van der Waals surface area contributed by atoms with E-state index in [1.165, 1.54) is 0 Å². The average molecular weight is 278 g/mol. The molecule has 2 heterocycles. The van der Waals surface area contributed by atoms with Crippen LogP contribution in [-0.4, -0.2) is 28.6 Å². The third-order valence-electron chi connectivity index (χ3n) is 3.47. The predicted molar refractivity (Wildman–Crippen MR) is 66.9 cm³/mol. The maximum absolute atomic E-state index is 13.4. The van der Waals surface area contributed by atoms with Crippen molar-refractivity contribution < 1.29 is 20.1 Å². The van der Waals surface area contributed by atoms with E-state index in [9.17, 15) is 18.8 Å². The van der Waals surface area contributed by atoms with Crippen molar-refractivity contribution >= 4 is 23.4 Å². The first-order valence-electron chi connectivity index (χ1n) is 6.57. The van der Waals surface area contributed by atoms with Gasteiger partial charge in [-0.1, -0.05) is 0 Å². The van der Waals surface area contributed by atoms with Crippen molar-refractivity contribution in [3.05, 3.63) is 29.1 Å². The third kappa shape index (κ3) is 1.82. The smallest absolute Gasteiger partial charge is 0.255 e. The third-order valence-corrected chi connectivity index (χ3v) is 3.47. The number of hydrogen-bond donors (Lipinski definition) is 2. The summed E-state index contributed by atoms with van der Waals surface area (Å²) in [5.41, 5.74) is 6.26. The van der Waals surface area contributed by atoms with E-state index in [4.69, 9.17) is 7.10 Å². The fourth-order valence-corrected chi connectivity index (χ4v) is 2.48. The number of nitrogens with one attached hydrogen (secondary N) is 1. The number of piperidine rings is 1. The summed E-state index contributed by atoms with van der Waals surface area (Å²) in [5.74, 6) is -2.60. The summed E-state index contributed by atoms with van der Waals surface area (Å²) in [6, 6.07) is 0.257.